The molecule has 0 aliphatic carbocycles. The molecular formula is C12H12FNO2. The molecule has 0 unspecified atom stereocenters. The quantitative estimate of drug-likeness (QED) is 0.864. The molecule has 2 rings (SSSR count). The smallest absolute Gasteiger partial charge is 0.309 e. The zero-order chi connectivity index (χ0) is 11.7. The topological polar surface area (TPSA) is 42.2 Å². The van der Waals surface area contributed by atoms with Crippen molar-refractivity contribution in [2.24, 2.45) is 0 Å². The summed E-state index contributed by atoms with van der Waals surface area (Å²) in [6, 6.07) is 6.22. The van der Waals surface area contributed by atoms with E-state index in [0.717, 1.165) is 10.9 Å². The maximum Gasteiger partial charge on any atom is 0.309 e. The Morgan fingerprint density at radius 1 is 1.44 bits per heavy atom. The normalized spacial score (nSPS) is 10.9. The number of rotatable bonds is 3. The van der Waals surface area contributed by atoms with Crippen molar-refractivity contribution in [2.45, 2.75) is 19.9 Å². The van der Waals surface area contributed by atoms with E-state index in [1.165, 1.54) is 12.1 Å². The SMILES string of the molecule is CCn1c(CC(=O)O)cc2cc(F)ccc21. The third-order valence-corrected chi connectivity index (χ3v) is 2.60. The van der Waals surface area contributed by atoms with Crippen molar-refractivity contribution < 1.29 is 14.3 Å². The summed E-state index contributed by atoms with van der Waals surface area (Å²) < 4.78 is 14.9. The molecule has 2 aromatic rings. The summed E-state index contributed by atoms with van der Waals surface area (Å²) in [6.45, 7) is 2.62. The summed E-state index contributed by atoms with van der Waals surface area (Å²) >= 11 is 0. The van der Waals surface area contributed by atoms with Crippen LogP contribution in [0.5, 0.6) is 0 Å². The zero-order valence-corrected chi connectivity index (χ0v) is 8.90. The van der Waals surface area contributed by atoms with Crippen LogP contribution in [0.15, 0.2) is 24.3 Å². The first-order chi connectivity index (χ1) is 7.61. The van der Waals surface area contributed by atoms with E-state index in [4.69, 9.17) is 5.11 Å². The molecule has 0 atom stereocenters. The van der Waals surface area contributed by atoms with Gasteiger partial charge in [-0.15, -0.1) is 0 Å². The number of aromatic nitrogens is 1. The van der Waals surface area contributed by atoms with E-state index in [-0.39, 0.29) is 12.2 Å². The standard InChI is InChI=1S/C12H12FNO2/c1-2-14-10(7-12(15)16)6-8-5-9(13)3-4-11(8)14/h3-6H,2,7H2,1H3,(H,15,16). The highest BCUT2D eigenvalue weighted by Gasteiger charge is 2.10. The highest BCUT2D eigenvalue weighted by molar-refractivity contribution is 5.83. The minimum absolute atomic E-state index is 0.0376. The minimum Gasteiger partial charge on any atom is -0.481 e. The third kappa shape index (κ3) is 1.78. The van der Waals surface area contributed by atoms with Crippen LogP contribution in [0.4, 0.5) is 4.39 Å². The molecule has 16 heavy (non-hydrogen) atoms. The van der Waals surface area contributed by atoms with E-state index in [9.17, 15) is 9.18 Å². The second-order valence-electron chi connectivity index (χ2n) is 3.65. The van der Waals surface area contributed by atoms with E-state index >= 15 is 0 Å². The number of halogens is 1. The van der Waals surface area contributed by atoms with Crippen LogP contribution in [0.25, 0.3) is 10.9 Å². The van der Waals surface area contributed by atoms with Gasteiger partial charge in [0.25, 0.3) is 0 Å². The number of hydrogen-bond donors (Lipinski definition) is 1. The van der Waals surface area contributed by atoms with Gasteiger partial charge in [-0.25, -0.2) is 4.39 Å². The molecule has 84 valence electrons. The van der Waals surface area contributed by atoms with Crippen LogP contribution in [0.2, 0.25) is 0 Å². The Bertz CT molecular complexity index is 545. The molecule has 0 amide bonds. The van der Waals surface area contributed by atoms with E-state index in [2.05, 4.69) is 0 Å². The fourth-order valence-electron chi connectivity index (χ4n) is 1.97. The van der Waals surface area contributed by atoms with Gasteiger partial charge in [0.15, 0.2) is 0 Å². The van der Waals surface area contributed by atoms with Crippen molar-refractivity contribution in [3.8, 4) is 0 Å². The highest BCUT2D eigenvalue weighted by atomic mass is 19.1. The first-order valence-electron chi connectivity index (χ1n) is 5.11. The maximum atomic E-state index is 13.0. The average Bonchev–Trinajstić information content (AvgIpc) is 2.52. The lowest BCUT2D eigenvalue weighted by Gasteiger charge is -2.05. The maximum absolute atomic E-state index is 13.0. The van der Waals surface area contributed by atoms with Gasteiger partial charge in [0.1, 0.15) is 5.82 Å². The molecule has 0 aliphatic heterocycles. The summed E-state index contributed by atoms with van der Waals surface area (Å²) in [5.74, 6) is -1.18. The van der Waals surface area contributed by atoms with Crippen molar-refractivity contribution in [1.82, 2.24) is 4.57 Å². The predicted molar refractivity (Wildman–Crippen MR) is 58.9 cm³/mol. The van der Waals surface area contributed by atoms with Crippen LogP contribution in [0.3, 0.4) is 0 Å². The van der Waals surface area contributed by atoms with Gasteiger partial charge < -0.3 is 9.67 Å². The van der Waals surface area contributed by atoms with Gasteiger partial charge in [0, 0.05) is 23.1 Å². The molecule has 1 N–H and O–H groups in total. The number of benzene rings is 1. The van der Waals surface area contributed by atoms with Gasteiger partial charge in [0.05, 0.1) is 6.42 Å². The Morgan fingerprint density at radius 2 is 2.19 bits per heavy atom. The Balaban J connectivity index is 2.61. The van der Waals surface area contributed by atoms with Crippen molar-refractivity contribution in [2.75, 3.05) is 0 Å². The second-order valence-corrected chi connectivity index (χ2v) is 3.65. The van der Waals surface area contributed by atoms with Gasteiger partial charge in [-0.2, -0.15) is 0 Å². The molecule has 1 aromatic carbocycles. The Hall–Kier alpha value is -1.84. The molecule has 0 saturated heterocycles. The summed E-state index contributed by atoms with van der Waals surface area (Å²) in [7, 11) is 0. The van der Waals surface area contributed by atoms with E-state index in [1.54, 1.807) is 12.1 Å². The van der Waals surface area contributed by atoms with Gasteiger partial charge in [0.2, 0.25) is 0 Å². The van der Waals surface area contributed by atoms with E-state index in [0.29, 0.717) is 12.2 Å². The molecule has 4 heteroatoms. The van der Waals surface area contributed by atoms with Crippen molar-refractivity contribution in [3.05, 3.63) is 35.8 Å². The molecule has 3 nitrogen and oxygen atoms in total. The van der Waals surface area contributed by atoms with E-state index in [1.807, 2.05) is 11.5 Å². The lowest BCUT2D eigenvalue weighted by atomic mass is 10.2. The molecule has 1 heterocycles. The van der Waals surface area contributed by atoms with Crippen molar-refractivity contribution in [1.29, 1.82) is 0 Å². The molecule has 0 radical (unpaired) electrons. The van der Waals surface area contributed by atoms with Crippen molar-refractivity contribution in [3.63, 3.8) is 0 Å². The lowest BCUT2D eigenvalue weighted by molar-refractivity contribution is -0.136. The molecule has 0 saturated carbocycles. The number of nitrogens with zero attached hydrogens (tertiary/aromatic N) is 1. The number of aliphatic carboxylic acids is 1. The summed E-state index contributed by atoms with van der Waals surface area (Å²) in [5, 5.41) is 9.53. The predicted octanol–water partition coefficient (Wildman–Crippen LogP) is 2.43. The first kappa shape index (κ1) is 10.7. The van der Waals surface area contributed by atoms with Crippen LogP contribution in [0, 0.1) is 5.82 Å². The molecule has 0 spiro atoms. The summed E-state index contributed by atoms with van der Waals surface area (Å²) in [5.41, 5.74) is 1.58. The van der Waals surface area contributed by atoms with Crippen LogP contribution >= 0.6 is 0 Å². The number of hydrogen-bond acceptors (Lipinski definition) is 1. The Labute approximate surface area is 92.1 Å². The fourth-order valence-corrected chi connectivity index (χ4v) is 1.97. The van der Waals surface area contributed by atoms with Crippen LogP contribution in [0.1, 0.15) is 12.6 Å². The average molecular weight is 221 g/mol. The third-order valence-electron chi connectivity index (χ3n) is 2.60. The molecular weight excluding hydrogens is 209 g/mol. The van der Waals surface area contributed by atoms with Gasteiger partial charge in [-0.3, -0.25) is 4.79 Å². The van der Waals surface area contributed by atoms with Gasteiger partial charge in [-0.1, -0.05) is 0 Å². The Kier molecular flexibility index (Phi) is 2.64. The van der Waals surface area contributed by atoms with Crippen LogP contribution in [-0.2, 0) is 17.8 Å². The minimum atomic E-state index is -0.877. The molecule has 0 fully saturated rings. The first-order valence-corrected chi connectivity index (χ1v) is 5.11. The van der Waals surface area contributed by atoms with Crippen LogP contribution < -0.4 is 0 Å². The number of carboxylic acid groups (broad SMARTS) is 1. The lowest BCUT2D eigenvalue weighted by Crippen LogP contribution is -2.06. The van der Waals surface area contributed by atoms with Gasteiger partial charge in [-0.05, 0) is 31.2 Å². The number of carboxylic acids is 1. The zero-order valence-electron chi connectivity index (χ0n) is 8.90. The number of carbonyl (C=O) groups is 1. The summed E-state index contributed by atoms with van der Waals surface area (Å²) in [4.78, 5) is 10.7. The number of aryl methyl sites for hydroxylation is 1. The monoisotopic (exact) mass is 221 g/mol. The highest BCUT2D eigenvalue weighted by Crippen LogP contribution is 2.21. The summed E-state index contributed by atoms with van der Waals surface area (Å²) in [6.07, 6.45) is -0.0376. The molecule has 0 bridgehead atoms. The molecule has 1 aromatic heterocycles. The molecule has 0 aliphatic rings. The van der Waals surface area contributed by atoms with E-state index < -0.39 is 5.97 Å². The Morgan fingerprint density at radius 3 is 2.81 bits per heavy atom. The fraction of sp³-hybridized carbons (Fsp3) is 0.250. The van der Waals surface area contributed by atoms with Gasteiger partial charge >= 0.3 is 5.97 Å². The second kappa shape index (κ2) is 3.96. The van der Waals surface area contributed by atoms with Crippen LogP contribution in [-0.4, -0.2) is 15.6 Å². The van der Waals surface area contributed by atoms with Crippen molar-refractivity contribution >= 4 is 16.9 Å². The largest absolute Gasteiger partial charge is 0.481 e. The number of fused-ring (bicyclic) bond motifs is 1.